The molecule has 0 fully saturated rings. The molecule has 1 rings (SSSR count). The number of hydrogen-bond acceptors (Lipinski definition) is 2. The van der Waals surface area contributed by atoms with E-state index in [4.69, 9.17) is 5.73 Å². The molecule has 0 saturated heterocycles. The van der Waals surface area contributed by atoms with Crippen molar-refractivity contribution in [3.8, 4) is 5.75 Å². The number of nitrogens with two attached hydrogens (primary N) is 1. The summed E-state index contributed by atoms with van der Waals surface area (Å²) in [5.74, 6) is -0.470. The molecule has 1 aromatic carbocycles. The number of halogens is 2. The minimum Gasteiger partial charge on any atom is -0.506 e. The molecule has 4 heteroatoms. The molecule has 3 N–H and O–H groups in total. The van der Waals surface area contributed by atoms with Crippen LogP contribution < -0.4 is 5.73 Å². The molecular weight excluding hydrogens is 237 g/mol. The van der Waals surface area contributed by atoms with Gasteiger partial charge in [-0.3, -0.25) is 0 Å². The quantitative estimate of drug-likeness (QED) is 0.861. The standard InChI is InChI=1S/C9H11BrFNO/c10-8-7(11)4-3-6(9(8)13)2-1-5-12/h3-4,13H,1-2,5,12H2. The molecular formula is C9H11BrFNO. The van der Waals surface area contributed by atoms with Crippen molar-refractivity contribution in [3.63, 3.8) is 0 Å². The van der Waals surface area contributed by atoms with E-state index in [2.05, 4.69) is 15.9 Å². The molecule has 1 aromatic rings. The second-order valence-electron chi connectivity index (χ2n) is 2.76. The van der Waals surface area contributed by atoms with Gasteiger partial charge in [-0.1, -0.05) is 6.07 Å². The zero-order valence-electron chi connectivity index (χ0n) is 7.06. The molecule has 0 aliphatic carbocycles. The molecule has 0 saturated carbocycles. The average molecular weight is 248 g/mol. The second-order valence-corrected chi connectivity index (χ2v) is 3.55. The lowest BCUT2D eigenvalue weighted by Gasteiger charge is -2.05. The number of hydrogen-bond donors (Lipinski definition) is 2. The van der Waals surface area contributed by atoms with E-state index in [1.165, 1.54) is 6.07 Å². The monoisotopic (exact) mass is 247 g/mol. The molecule has 0 aliphatic rings. The Morgan fingerprint density at radius 3 is 2.77 bits per heavy atom. The van der Waals surface area contributed by atoms with Crippen LogP contribution in [0.2, 0.25) is 0 Å². The lowest BCUT2D eigenvalue weighted by Crippen LogP contribution is -2.00. The molecule has 0 spiro atoms. The molecule has 0 heterocycles. The van der Waals surface area contributed by atoms with Gasteiger partial charge < -0.3 is 10.8 Å². The van der Waals surface area contributed by atoms with Crippen molar-refractivity contribution in [2.75, 3.05) is 6.54 Å². The third kappa shape index (κ3) is 2.42. The topological polar surface area (TPSA) is 46.2 Å². The summed E-state index contributed by atoms with van der Waals surface area (Å²) < 4.78 is 13.0. The van der Waals surface area contributed by atoms with Gasteiger partial charge in [0.15, 0.2) is 0 Å². The highest BCUT2D eigenvalue weighted by molar-refractivity contribution is 9.10. The van der Waals surface area contributed by atoms with Crippen LogP contribution in [0.4, 0.5) is 4.39 Å². The van der Waals surface area contributed by atoms with Crippen molar-refractivity contribution in [3.05, 3.63) is 28.0 Å². The van der Waals surface area contributed by atoms with E-state index in [9.17, 15) is 9.50 Å². The highest BCUT2D eigenvalue weighted by atomic mass is 79.9. The summed E-state index contributed by atoms with van der Waals surface area (Å²) in [5, 5.41) is 9.48. The van der Waals surface area contributed by atoms with E-state index < -0.39 is 5.82 Å². The van der Waals surface area contributed by atoms with Crippen molar-refractivity contribution in [1.29, 1.82) is 0 Å². The fourth-order valence-electron chi connectivity index (χ4n) is 1.07. The number of phenolic OH excluding ortho intramolecular Hbond substituents is 1. The maximum atomic E-state index is 12.9. The SMILES string of the molecule is NCCCc1ccc(F)c(Br)c1O. The van der Waals surface area contributed by atoms with E-state index in [0.717, 1.165) is 12.0 Å². The zero-order chi connectivity index (χ0) is 9.84. The summed E-state index contributed by atoms with van der Waals surface area (Å²) in [6.07, 6.45) is 1.45. The summed E-state index contributed by atoms with van der Waals surface area (Å²) in [6, 6.07) is 2.90. The Bertz CT molecular complexity index is 304. The first kappa shape index (κ1) is 10.5. The minimum atomic E-state index is -0.450. The van der Waals surface area contributed by atoms with Gasteiger partial charge in [-0.05, 0) is 46.9 Å². The summed E-state index contributed by atoms with van der Waals surface area (Å²) in [4.78, 5) is 0. The molecule has 2 nitrogen and oxygen atoms in total. The lowest BCUT2D eigenvalue weighted by atomic mass is 10.1. The Morgan fingerprint density at radius 1 is 1.46 bits per heavy atom. The van der Waals surface area contributed by atoms with Gasteiger partial charge in [0.1, 0.15) is 11.6 Å². The van der Waals surface area contributed by atoms with Crippen molar-refractivity contribution in [1.82, 2.24) is 0 Å². The maximum absolute atomic E-state index is 12.9. The lowest BCUT2D eigenvalue weighted by molar-refractivity contribution is 0.456. The summed E-state index contributed by atoms with van der Waals surface area (Å²) in [7, 11) is 0. The van der Waals surface area contributed by atoms with E-state index in [0.29, 0.717) is 13.0 Å². The molecule has 13 heavy (non-hydrogen) atoms. The van der Waals surface area contributed by atoms with Crippen LogP contribution in [0, 0.1) is 5.82 Å². The summed E-state index contributed by atoms with van der Waals surface area (Å²) in [5.41, 5.74) is 6.05. The van der Waals surface area contributed by atoms with Crippen LogP contribution in [0.5, 0.6) is 5.75 Å². The van der Waals surface area contributed by atoms with E-state index in [1.54, 1.807) is 6.07 Å². The van der Waals surface area contributed by atoms with Gasteiger partial charge in [-0.25, -0.2) is 4.39 Å². The van der Waals surface area contributed by atoms with E-state index in [1.807, 2.05) is 0 Å². The number of benzene rings is 1. The largest absolute Gasteiger partial charge is 0.506 e. The molecule has 0 unspecified atom stereocenters. The third-order valence-corrected chi connectivity index (χ3v) is 2.56. The van der Waals surface area contributed by atoms with Gasteiger partial charge in [0.2, 0.25) is 0 Å². The van der Waals surface area contributed by atoms with Crippen molar-refractivity contribution in [2.24, 2.45) is 5.73 Å². The number of phenols is 1. The maximum Gasteiger partial charge on any atom is 0.141 e. The predicted molar refractivity (Wildman–Crippen MR) is 53.1 cm³/mol. The highest BCUT2D eigenvalue weighted by Gasteiger charge is 2.09. The van der Waals surface area contributed by atoms with Crippen LogP contribution in [-0.4, -0.2) is 11.7 Å². The van der Waals surface area contributed by atoms with Crippen LogP contribution in [0.1, 0.15) is 12.0 Å². The number of rotatable bonds is 3. The van der Waals surface area contributed by atoms with E-state index >= 15 is 0 Å². The minimum absolute atomic E-state index is 0.0200. The molecule has 0 amide bonds. The van der Waals surface area contributed by atoms with Crippen LogP contribution in [0.25, 0.3) is 0 Å². The molecule has 0 bridgehead atoms. The first-order chi connectivity index (χ1) is 6.16. The zero-order valence-corrected chi connectivity index (χ0v) is 8.64. The predicted octanol–water partition coefficient (Wildman–Crippen LogP) is 2.19. The van der Waals surface area contributed by atoms with Crippen molar-refractivity contribution >= 4 is 15.9 Å². The molecule has 0 aromatic heterocycles. The molecule has 72 valence electrons. The van der Waals surface area contributed by atoms with Gasteiger partial charge in [0.05, 0.1) is 4.47 Å². The van der Waals surface area contributed by atoms with Crippen LogP contribution in [0.3, 0.4) is 0 Å². The normalized spacial score (nSPS) is 10.4. The van der Waals surface area contributed by atoms with Gasteiger partial charge in [-0.2, -0.15) is 0 Å². The van der Waals surface area contributed by atoms with E-state index in [-0.39, 0.29) is 10.2 Å². The van der Waals surface area contributed by atoms with Crippen LogP contribution in [-0.2, 0) is 6.42 Å². The first-order valence-corrected chi connectivity index (χ1v) is 4.82. The fraction of sp³-hybridized carbons (Fsp3) is 0.333. The Kier molecular flexibility index (Phi) is 3.69. The van der Waals surface area contributed by atoms with Crippen molar-refractivity contribution < 1.29 is 9.50 Å². The van der Waals surface area contributed by atoms with Crippen LogP contribution >= 0.6 is 15.9 Å². The van der Waals surface area contributed by atoms with Crippen molar-refractivity contribution in [2.45, 2.75) is 12.8 Å². The first-order valence-electron chi connectivity index (χ1n) is 4.02. The Hall–Kier alpha value is -0.610. The van der Waals surface area contributed by atoms with Gasteiger partial charge in [0, 0.05) is 0 Å². The number of aryl methyl sites for hydroxylation is 1. The Morgan fingerprint density at radius 2 is 2.15 bits per heavy atom. The number of aromatic hydroxyl groups is 1. The second kappa shape index (κ2) is 4.58. The van der Waals surface area contributed by atoms with Crippen LogP contribution in [0.15, 0.2) is 16.6 Å². The summed E-state index contributed by atoms with van der Waals surface area (Å²) in [6.45, 7) is 0.564. The van der Waals surface area contributed by atoms with Gasteiger partial charge >= 0.3 is 0 Å². The van der Waals surface area contributed by atoms with Gasteiger partial charge in [0.25, 0.3) is 0 Å². The highest BCUT2D eigenvalue weighted by Crippen LogP contribution is 2.30. The van der Waals surface area contributed by atoms with Gasteiger partial charge in [-0.15, -0.1) is 0 Å². The molecule has 0 atom stereocenters. The Balaban J connectivity index is 2.90. The fourth-order valence-corrected chi connectivity index (χ4v) is 1.46. The molecule has 0 aliphatic heterocycles. The smallest absolute Gasteiger partial charge is 0.141 e. The average Bonchev–Trinajstić information content (AvgIpc) is 2.13. The Labute approximate surface area is 84.7 Å². The summed E-state index contributed by atoms with van der Waals surface area (Å²) >= 11 is 2.97. The third-order valence-electron chi connectivity index (χ3n) is 1.80. The molecule has 0 radical (unpaired) electrons.